The maximum absolute atomic E-state index is 13.0. The van der Waals surface area contributed by atoms with E-state index < -0.39 is 15.9 Å². The molecule has 2 N–H and O–H groups in total. The highest BCUT2D eigenvalue weighted by atomic mass is 35.5. The zero-order chi connectivity index (χ0) is 24.1. The smallest absolute Gasteiger partial charge is 0.255 e. The minimum atomic E-state index is -3.86. The summed E-state index contributed by atoms with van der Waals surface area (Å²) in [7, 11) is -2.50. The number of hydrogen-bond acceptors (Lipinski definition) is 5. The average molecular weight is 482 g/mol. The van der Waals surface area contributed by atoms with Gasteiger partial charge < -0.3 is 15.4 Å². The van der Waals surface area contributed by atoms with Crippen molar-refractivity contribution in [1.29, 1.82) is 0 Å². The van der Waals surface area contributed by atoms with Crippen LogP contribution in [0.5, 0.6) is 5.75 Å². The third kappa shape index (κ3) is 5.79. The first-order valence-electron chi connectivity index (χ1n) is 10.1. The van der Waals surface area contributed by atoms with Crippen molar-refractivity contribution in [3.63, 3.8) is 0 Å². The Morgan fingerprint density at radius 1 is 1.03 bits per heavy atom. The van der Waals surface area contributed by atoms with Crippen molar-refractivity contribution in [2.45, 2.75) is 38.6 Å². The molecule has 2 aromatic rings. The van der Waals surface area contributed by atoms with E-state index in [1.165, 1.54) is 41.7 Å². The van der Waals surface area contributed by atoms with E-state index in [-0.39, 0.29) is 52.0 Å². The summed E-state index contributed by atoms with van der Waals surface area (Å²) in [5.41, 5.74) is 0.666. The van der Waals surface area contributed by atoms with E-state index >= 15 is 0 Å². The molecule has 0 aromatic heterocycles. The van der Waals surface area contributed by atoms with E-state index in [0.717, 1.165) is 0 Å². The van der Waals surface area contributed by atoms with Gasteiger partial charge in [-0.3, -0.25) is 9.59 Å². The fraction of sp³-hybridized carbons (Fsp3) is 0.364. The van der Waals surface area contributed by atoms with Crippen LogP contribution in [0, 0.1) is 0 Å². The second-order valence-corrected chi connectivity index (χ2v) is 9.55. The number of hydrogen-bond donors (Lipinski definition) is 2. The molecule has 10 heteroatoms. The molecule has 0 bridgehead atoms. The van der Waals surface area contributed by atoms with E-state index in [1.807, 2.05) is 13.8 Å². The minimum Gasteiger partial charge on any atom is -0.495 e. The molecule has 8 nitrogen and oxygen atoms in total. The number of nitrogens with one attached hydrogen (secondary N) is 2. The normalized spacial score (nSPS) is 11.5. The third-order valence-electron chi connectivity index (χ3n) is 4.65. The Balaban J connectivity index is 2.40. The fourth-order valence-corrected chi connectivity index (χ4v) is 4.83. The van der Waals surface area contributed by atoms with Crippen LogP contribution in [-0.4, -0.2) is 50.8 Å². The number of nitrogens with zero attached hydrogens (tertiary/aromatic N) is 1. The molecule has 0 unspecified atom stereocenters. The molecule has 0 spiro atoms. The molecule has 2 rings (SSSR count). The van der Waals surface area contributed by atoms with Gasteiger partial charge in [0.2, 0.25) is 10.0 Å². The lowest BCUT2D eigenvalue weighted by atomic mass is 10.1. The minimum absolute atomic E-state index is 0.0540. The summed E-state index contributed by atoms with van der Waals surface area (Å²) in [5, 5.41) is 5.66. The molecule has 0 aliphatic carbocycles. The summed E-state index contributed by atoms with van der Waals surface area (Å²) in [6.45, 7) is 7.69. The first kappa shape index (κ1) is 25.6. The second kappa shape index (κ2) is 10.8. The molecule has 2 aromatic carbocycles. The van der Waals surface area contributed by atoms with E-state index in [4.69, 9.17) is 16.3 Å². The van der Waals surface area contributed by atoms with Gasteiger partial charge in [-0.15, -0.1) is 0 Å². The lowest BCUT2D eigenvalue weighted by molar-refractivity contribution is 0.0941. The molecule has 0 saturated carbocycles. The summed E-state index contributed by atoms with van der Waals surface area (Å²) in [6.07, 6.45) is 0. The van der Waals surface area contributed by atoms with Crippen LogP contribution in [0.1, 0.15) is 48.4 Å². The van der Waals surface area contributed by atoms with Gasteiger partial charge in [0.15, 0.2) is 0 Å². The highest BCUT2D eigenvalue weighted by Crippen LogP contribution is 2.29. The topological polar surface area (TPSA) is 105 Å². The summed E-state index contributed by atoms with van der Waals surface area (Å²) in [5.74, 6) is -0.741. The molecule has 0 saturated heterocycles. The van der Waals surface area contributed by atoms with Crippen LogP contribution in [0.4, 0.5) is 5.69 Å². The SMILES string of the molecule is CCN(CC)S(=O)(=O)c1cc(C(=O)Nc2cc(C(=O)NC(C)C)ccc2Cl)ccc1OC. The maximum atomic E-state index is 13.0. The van der Waals surface area contributed by atoms with Crippen molar-refractivity contribution in [1.82, 2.24) is 9.62 Å². The molecule has 0 heterocycles. The Bertz CT molecular complexity index is 1100. The van der Waals surface area contributed by atoms with Crippen molar-refractivity contribution < 1.29 is 22.7 Å². The van der Waals surface area contributed by atoms with E-state index in [2.05, 4.69) is 10.6 Å². The molecule has 0 aliphatic rings. The van der Waals surface area contributed by atoms with Crippen LogP contribution in [-0.2, 0) is 10.0 Å². The standard InChI is InChI=1S/C22H28ClN3O5S/c1-6-26(7-2)32(29,30)20-13-16(9-11-19(20)31-5)22(28)25-18-12-15(8-10-17(18)23)21(27)24-14(3)4/h8-14H,6-7H2,1-5H3,(H,24,27)(H,25,28). The molecular weight excluding hydrogens is 454 g/mol. The average Bonchev–Trinajstić information content (AvgIpc) is 2.74. The van der Waals surface area contributed by atoms with Gasteiger partial charge in [-0.25, -0.2) is 8.42 Å². The van der Waals surface area contributed by atoms with Crippen molar-refractivity contribution in [2.24, 2.45) is 0 Å². The number of amides is 2. The molecular formula is C22H28ClN3O5S. The number of carbonyl (C=O) groups is 2. The lowest BCUT2D eigenvalue weighted by Crippen LogP contribution is -2.31. The van der Waals surface area contributed by atoms with Gasteiger partial charge in [-0.05, 0) is 50.2 Å². The summed E-state index contributed by atoms with van der Waals surface area (Å²) >= 11 is 6.20. The fourth-order valence-electron chi connectivity index (χ4n) is 3.02. The van der Waals surface area contributed by atoms with Crippen molar-refractivity contribution in [2.75, 3.05) is 25.5 Å². The molecule has 32 heavy (non-hydrogen) atoms. The molecule has 0 aliphatic heterocycles. The van der Waals surface area contributed by atoms with Gasteiger partial charge in [0, 0.05) is 30.3 Å². The van der Waals surface area contributed by atoms with Crippen molar-refractivity contribution >= 4 is 39.1 Å². The van der Waals surface area contributed by atoms with Gasteiger partial charge in [0.05, 0.1) is 17.8 Å². The van der Waals surface area contributed by atoms with Crippen LogP contribution in [0.25, 0.3) is 0 Å². The Hall–Kier alpha value is -2.62. The summed E-state index contributed by atoms with van der Waals surface area (Å²) < 4.78 is 32.5. The maximum Gasteiger partial charge on any atom is 0.255 e. The van der Waals surface area contributed by atoms with E-state index in [0.29, 0.717) is 5.56 Å². The van der Waals surface area contributed by atoms with Crippen molar-refractivity contribution in [3.8, 4) is 5.75 Å². The molecule has 2 amide bonds. The number of rotatable bonds is 9. The van der Waals surface area contributed by atoms with Gasteiger partial charge in [-0.2, -0.15) is 4.31 Å². The van der Waals surface area contributed by atoms with Gasteiger partial charge >= 0.3 is 0 Å². The highest BCUT2D eigenvalue weighted by Gasteiger charge is 2.27. The first-order chi connectivity index (χ1) is 15.0. The Morgan fingerprint density at radius 2 is 1.62 bits per heavy atom. The van der Waals surface area contributed by atoms with Crippen LogP contribution in [0.15, 0.2) is 41.3 Å². The Labute approximate surface area is 193 Å². The zero-order valence-corrected chi connectivity index (χ0v) is 20.3. The van der Waals surface area contributed by atoms with Crippen LogP contribution >= 0.6 is 11.6 Å². The van der Waals surface area contributed by atoms with E-state index in [9.17, 15) is 18.0 Å². The van der Waals surface area contributed by atoms with Gasteiger partial charge in [-0.1, -0.05) is 25.4 Å². The van der Waals surface area contributed by atoms with Gasteiger partial charge in [0.25, 0.3) is 11.8 Å². The predicted octanol–water partition coefficient (Wildman–Crippen LogP) is 3.77. The van der Waals surface area contributed by atoms with Crippen LogP contribution in [0.3, 0.4) is 0 Å². The quantitative estimate of drug-likeness (QED) is 0.567. The van der Waals surface area contributed by atoms with Gasteiger partial charge in [0.1, 0.15) is 10.6 Å². The third-order valence-corrected chi connectivity index (χ3v) is 7.05. The lowest BCUT2D eigenvalue weighted by Gasteiger charge is -2.20. The predicted molar refractivity (Wildman–Crippen MR) is 125 cm³/mol. The number of carbonyl (C=O) groups excluding carboxylic acids is 2. The first-order valence-corrected chi connectivity index (χ1v) is 12.0. The summed E-state index contributed by atoms with van der Waals surface area (Å²) in [4.78, 5) is 25.1. The number of methoxy groups -OCH3 is 1. The Kier molecular flexibility index (Phi) is 8.65. The number of halogens is 1. The highest BCUT2D eigenvalue weighted by molar-refractivity contribution is 7.89. The zero-order valence-electron chi connectivity index (χ0n) is 18.7. The van der Waals surface area contributed by atoms with Crippen LogP contribution < -0.4 is 15.4 Å². The molecule has 0 fully saturated rings. The van der Waals surface area contributed by atoms with E-state index in [1.54, 1.807) is 19.9 Å². The second-order valence-electron chi connectivity index (χ2n) is 7.23. The largest absolute Gasteiger partial charge is 0.495 e. The van der Waals surface area contributed by atoms with Crippen molar-refractivity contribution in [3.05, 3.63) is 52.5 Å². The monoisotopic (exact) mass is 481 g/mol. The Morgan fingerprint density at radius 3 is 2.19 bits per heavy atom. The molecule has 174 valence electrons. The summed E-state index contributed by atoms with van der Waals surface area (Å²) in [6, 6.07) is 8.63. The molecule has 0 atom stereocenters. The number of ether oxygens (including phenoxy) is 1. The number of sulfonamides is 1. The molecule has 0 radical (unpaired) electrons. The van der Waals surface area contributed by atoms with Crippen LogP contribution in [0.2, 0.25) is 5.02 Å². The number of anilines is 1. The number of benzene rings is 2.